The second kappa shape index (κ2) is 7.29. The summed E-state index contributed by atoms with van der Waals surface area (Å²) in [4.78, 5) is 11.3. The van der Waals surface area contributed by atoms with Crippen LogP contribution in [0.1, 0.15) is 26.1 Å². The Morgan fingerprint density at radius 2 is 2.06 bits per heavy atom. The average Bonchev–Trinajstić information content (AvgIpc) is 2.26. The van der Waals surface area contributed by atoms with Crippen molar-refractivity contribution in [1.82, 2.24) is 14.9 Å². The van der Waals surface area contributed by atoms with Crippen LogP contribution in [0.25, 0.3) is 0 Å². The van der Waals surface area contributed by atoms with Gasteiger partial charge in [0.15, 0.2) is 0 Å². The summed E-state index contributed by atoms with van der Waals surface area (Å²) in [5.41, 5.74) is 5.54. The SMILES string of the molecule is CC(C)CN(CCC(N)=S)Cc1ncccn1. The van der Waals surface area contributed by atoms with Crippen LogP contribution in [-0.4, -0.2) is 32.9 Å². The largest absolute Gasteiger partial charge is 0.393 e. The highest BCUT2D eigenvalue weighted by Gasteiger charge is 2.09. The lowest BCUT2D eigenvalue weighted by Crippen LogP contribution is -2.31. The van der Waals surface area contributed by atoms with Crippen LogP contribution in [-0.2, 0) is 6.54 Å². The molecular weight excluding hydrogens is 232 g/mol. The lowest BCUT2D eigenvalue weighted by molar-refractivity contribution is 0.237. The van der Waals surface area contributed by atoms with Gasteiger partial charge in [-0.05, 0) is 12.0 Å². The van der Waals surface area contributed by atoms with Crippen molar-refractivity contribution >= 4 is 17.2 Å². The highest BCUT2D eigenvalue weighted by molar-refractivity contribution is 7.80. The van der Waals surface area contributed by atoms with Crippen molar-refractivity contribution in [3.05, 3.63) is 24.3 Å². The van der Waals surface area contributed by atoms with Crippen LogP contribution in [0.15, 0.2) is 18.5 Å². The van der Waals surface area contributed by atoms with E-state index in [0.717, 1.165) is 31.9 Å². The molecule has 17 heavy (non-hydrogen) atoms. The molecule has 2 N–H and O–H groups in total. The molecule has 1 heterocycles. The predicted molar refractivity (Wildman–Crippen MR) is 73.5 cm³/mol. The number of nitrogens with zero attached hydrogens (tertiary/aromatic N) is 3. The fourth-order valence-electron chi connectivity index (χ4n) is 1.63. The van der Waals surface area contributed by atoms with Crippen molar-refractivity contribution < 1.29 is 0 Å². The molecule has 1 aromatic rings. The zero-order chi connectivity index (χ0) is 12.7. The van der Waals surface area contributed by atoms with Crippen LogP contribution in [0.3, 0.4) is 0 Å². The third kappa shape index (κ3) is 6.28. The van der Waals surface area contributed by atoms with Crippen LogP contribution in [0, 0.1) is 5.92 Å². The van der Waals surface area contributed by atoms with Gasteiger partial charge >= 0.3 is 0 Å². The van der Waals surface area contributed by atoms with Crippen LogP contribution in [0.5, 0.6) is 0 Å². The van der Waals surface area contributed by atoms with Gasteiger partial charge in [0.25, 0.3) is 0 Å². The molecular formula is C12H20N4S. The first-order valence-electron chi connectivity index (χ1n) is 5.84. The molecule has 0 aliphatic rings. The van der Waals surface area contributed by atoms with E-state index in [1.165, 1.54) is 0 Å². The minimum absolute atomic E-state index is 0.563. The molecule has 5 heteroatoms. The van der Waals surface area contributed by atoms with Gasteiger partial charge in [-0.15, -0.1) is 0 Å². The van der Waals surface area contributed by atoms with E-state index in [9.17, 15) is 0 Å². The maximum absolute atomic E-state index is 5.54. The normalized spacial score (nSPS) is 11.1. The van der Waals surface area contributed by atoms with Gasteiger partial charge in [-0.25, -0.2) is 9.97 Å². The zero-order valence-electron chi connectivity index (χ0n) is 10.5. The standard InChI is InChI=1S/C12H20N4S/c1-10(2)8-16(7-4-11(13)17)9-12-14-5-3-6-15-12/h3,5-6,10H,4,7-9H2,1-2H3,(H2,13,17). The molecule has 0 spiro atoms. The molecule has 0 saturated carbocycles. The van der Waals surface area contributed by atoms with Gasteiger partial charge in [-0.1, -0.05) is 26.1 Å². The Bertz CT molecular complexity index is 340. The molecule has 0 bridgehead atoms. The Morgan fingerprint density at radius 1 is 1.41 bits per heavy atom. The topological polar surface area (TPSA) is 55.0 Å². The average molecular weight is 252 g/mol. The third-order valence-electron chi connectivity index (χ3n) is 2.28. The molecule has 0 fully saturated rings. The van der Waals surface area contributed by atoms with E-state index in [2.05, 4.69) is 28.7 Å². The zero-order valence-corrected chi connectivity index (χ0v) is 11.3. The Balaban J connectivity index is 2.53. The van der Waals surface area contributed by atoms with E-state index in [1.807, 2.05) is 6.07 Å². The molecule has 1 aromatic heterocycles. The van der Waals surface area contributed by atoms with Gasteiger partial charge in [-0.2, -0.15) is 0 Å². The highest BCUT2D eigenvalue weighted by atomic mass is 32.1. The lowest BCUT2D eigenvalue weighted by Gasteiger charge is -2.23. The minimum Gasteiger partial charge on any atom is -0.393 e. The van der Waals surface area contributed by atoms with Gasteiger partial charge in [0, 0.05) is 31.9 Å². The fraction of sp³-hybridized carbons (Fsp3) is 0.583. The Kier molecular flexibility index (Phi) is 6.00. The van der Waals surface area contributed by atoms with E-state index in [-0.39, 0.29) is 0 Å². The van der Waals surface area contributed by atoms with Crippen molar-refractivity contribution in [2.24, 2.45) is 11.7 Å². The highest BCUT2D eigenvalue weighted by Crippen LogP contribution is 2.04. The van der Waals surface area contributed by atoms with Crippen molar-refractivity contribution in [2.45, 2.75) is 26.8 Å². The first kappa shape index (κ1) is 14.0. The molecule has 0 amide bonds. The van der Waals surface area contributed by atoms with E-state index < -0.39 is 0 Å². The van der Waals surface area contributed by atoms with Gasteiger partial charge < -0.3 is 5.73 Å². The first-order valence-corrected chi connectivity index (χ1v) is 6.25. The monoisotopic (exact) mass is 252 g/mol. The lowest BCUT2D eigenvalue weighted by atomic mass is 10.2. The van der Waals surface area contributed by atoms with Crippen LogP contribution in [0.2, 0.25) is 0 Å². The molecule has 0 aliphatic carbocycles. The maximum Gasteiger partial charge on any atom is 0.142 e. The molecule has 4 nitrogen and oxygen atoms in total. The molecule has 0 atom stereocenters. The van der Waals surface area contributed by atoms with Gasteiger partial charge in [0.1, 0.15) is 5.82 Å². The van der Waals surface area contributed by atoms with Gasteiger partial charge in [0.2, 0.25) is 0 Å². The number of hydrogen-bond donors (Lipinski definition) is 1. The quantitative estimate of drug-likeness (QED) is 0.747. The summed E-state index contributed by atoms with van der Waals surface area (Å²) >= 11 is 4.91. The van der Waals surface area contributed by atoms with Crippen LogP contribution < -0.4 is 5.73 Å². The van der Waals surface area contributed by atoms with Crippen molar-refractivity contribution in [1.29, 1.82) is 0 Å². The Morgan fingerprint density at radius 3 is 2.59 bits per heavy atom. The molecule has 0 saturated heterocycles. The summed E-state index contributed by atoms with van der Waals surface area (Å²) in [6.07, 6.45) is 4.28. The minimum atomic E-state index is 0.563. The second-order valence-electron chi connectivity index (χ2n) is 4.51. The summed E-state index contributed by atoms with van der Waals surface area (Å²) in [6, 6.07) is 1.82. The molecule has 0 unspecified atom stereocenters. The number of hydrogen-bond acceptors (Lipinski definition) is 4. The summed E-state index contributed by atoms with van der Waals surface area (Å²) in [5, 5.41) is 0. The number of nitrogens with two attached hydrogens (primary N) is 1. The maximum atomic E-state index is 5.54. The Hall–Kier alpha value is -1.07. The van der Waals surface area contributed by atoms with E-state index in [1.54, 1.807) is 12.4 Å². The summed E-state index contributed by atoms with van der Waals surface area (Å²) in [5.74, 6) is 1.45. The van der Waals surface area contributed by atoms with E-state index >= 15 is 0 Å². The third-order valence-corrected chi connectivity index (χ3v) is 2.49. The number of rotatable bonds is 7. The molecule has 94 valence electrons. The first-order chi connectivity index (χ1) is 8.08. The summed E-state index contributed by atoms with van der Waals surface area (Å²) in [7, 11) is 0. The van der Waals surface area contributed by atoms with Gasteiger partial charge in [0.05, 0.1) is 11.5 Å². The van der Waals surface area contributed by atoms with Crippen molar-refractivity contribution in [3.63, 3.8) is 0 Å². The fourth-order valence-corrected chi connectivity index (χ4v) is 1.72. The van der Waals surface area contributed by atoms with Crippen molar-refractivity contribution in [3.8, 4) is 0 Å². The van der Waals surface area contributed by atoms with E-state index in [0.29, 0.717) is 10.9 Å². The van der Waals surface area contributed by atoms with Gasteiger partial charge in [-0.3, -0.25) is 4.90 Å². The van der Waals surface area contributed by atoms with Crippen LogP contribution in [0.4, 0.5) is 0 Å². The molecule has 0 aliphatic heterocycles. The van der Waals surface area contributed by atoms with E-state index in [4.69, 9.17) is 18.0 Å². The second-order valence-corrected chi connectivity index (χ2v) is 5.03. The molecule has 0 aromatic carbocycles. The van der Waals surface area contributed by atoms with Crippen molar-refractivity contribution in [2.75, 3.05) is 13.1 Å². The number of thiocarbonyl (C=S) groups is 1. The molecule has 0 radical (unpaired) electrons. The van der Waals surface area contributed by atoms with Crippen LogP contribution >= 0.6 is 12.2 Å². The summed E-state index contributed by atoms with van der Waals surface area (Å²) < 4.78 is 0. The summed E-state index contributed by atoms with van der Waals surface area (Å²) in [6.45, 7) is 7.01. The smallest absolute Gasteiger partial charge is 0.142 e. The predicted octanol–water partition coefficient (Wildman–Crippen LogP) is 1.61. The molecule has 1 rings (SSSR count). The number of aromatic nitrogens is 2. The Labute approximate surface area is 108 Å².